The van der Waals surface area contributed by atoms with Crippen LogP contribution in [0.2, 0.25) is 0 Å². The Morgan fingerprint density at radius 3 is 2.69 bits per heavy atom. The van der Waals surface area contributed by atoms with Gasteiger partial charge in [-0.3, -0.25) is 4.79 Å². The van der Waals surface area contributed by atoms with Gasteiger partial charge in [-0.1, -0.05) is 12.1 Å². The van der Waals surface area contributed by atoms with Crippen molar-refractivity contribution in [1.82, 2.24) is 0 Å². The molecule has 1 aliphatic rings. The molecule has 0 fully saturated rings. The number of aliphatic imine (C=N–C) groups is 1. The molecule has 0 N–H and O–H groups in total. The van der Waals surface area contributed by atoms with Crippen molar-refractivity contribution in [2.75, 3.05) is 7.11 Å². The van der Waals surface area contributed by atoms with Gasteiger partial charge in [0.15, 0.2) is 17.2 Å². The van der Waals surface area contributed by atoms with Crippen molar-refractivity contribution in [2.24, 2.45) is 4.99 Å². The molecule has 2 aromatic carbocycles. The van der Waals surface area contributed by atoms with Crippen molar-refractivity contribution in [3.63, 3.8) is 0 Å². The van der Waals surface area contributed by atoms with Crippen molar-refractivity contribution in [3.05, 3.63) is 62.9 Å². The first-order valence-corrected chi connectivity index (χ1v) is 8.69. The van der Waals surface area contributed by atoms with Crippen molar-refractivity contribution < 1.29 is 23.8 Å². The highest BCUT2D eigenvalue weighted by Crippen LogP contribution is 2.30. The number of carbonyl (C=O) groups excluding carboxylic acids is 2. The SMILES string of the molecule is COc1ccc(/C=C2/N=C(c3cccc(I)c3)OC2=O)cc1OC(C)=O. The van der Waals surface area contributed by atoms with Gasteiger partial charge in [0, 0.05) is 16.1 Å². The molecule has 0 radical (unpaired) electrons. The van der Waals surface area contributed by atoms with Crippen molar-refractivity contribution in [3.8, 4) is 11.5 Å². The monoisotopic (exact) mass is 463 g/mol. The van der Waals surface area contributed by atoms with Gasteiger partial charge in [0.25, 0.3) is 0 Å². The third kappa shape index (κ3) is 4.10. The lowest BCUT2D eigenvalue weighted by Gasteiger charge is -2.08. The Morgan fingerprint density at radius 2 is 2.00 bits per heavy atom. The van der Waals surface area contributed by atoms with Crippen molar-refractivity contribution >= 4 is 46.5 Å². The average Bonchev–Trinajstić information content (AvgIpc) is 2.95. The molecule has 0 saturated heterocycles. The number of halogens is 1. The zero-order chi connectivity index (χ0) is 18.7. The number of benzene rings is 2. The van der Waals surface area contributed by atoms with E-state index in [0.29, 0.717) is 11.3 Å². The van der Waals surface area contributed by atoms with Gasteiger partial charge in [-0.2, -0.15) is 0 Å². The van der Waals surface area contributed by atoms with E-state index in [-0.39, 0.29) is 17.3 Å². The Hall–Kier alpha value is -2.68. The lowest BCUT2D eigenvalue weighted by atomic mass is 10.1. The predicted molar refractivity (Wildman–Crippen MR) is 104 cm³/mol. The first-order valence-electron chi connectivity index (χ1n) is 7.61. The maximum atomic E-state index is 12.1. The Bertz CT molecular complexity index is 949. The van der Waals surface area contributed by atoms with E-state index in [4.69, 9.17) is 14.2 Å². The first kappa shape index (κ1) is 18.1. The van der Waals surface area contributed by atoms with Crippen LogP contribution in [0.1, 0.15) is 18.1 Å². The average molecular weight is 463 g/mol. The number of esters is 2. The van der Waals surface area contributed by atoms with Crippen molar-refractivity contribution in [2.45, 2.75) is 6.92 Å². The van der Waals surface area contributed by atoms with E-state index in [1.54, 1.807) is 24.3 Å². The van der Waals surface area contributed by atoms with Crippen LogP contribution in [0, 0.1) is 3.57 Å². The fraction of sp³-hybridized carbons (Fsp3) is 0.105. The number of methoxy groups -OCH3 is 1. The molecule has 0 amide bonds. The van der Waals surface area contributed by atoms with Crippen LogP contribution in [-0.2, 0) is 14.3 Å². The third-order valence-corrected chi connectivity index (χ3v) is 4.11. The van der Waals surface area contributed by atoms with E-state index < -0.39 is 11.9 Å². The summed E-state index contributed by atoms with van der Waals surface area (Å²) >= 11 is 2.18. The maximum Gasteiger partial charge on any atom is 0.363 e. The fourth-order valence-corrected chi connectivity index (χ4v) is 2.87. The summed E-state index contributed by atoms with van der Waals surface area (Å²) in [5.41, 5.74) is 1.52. The van der Waals surface area contributed by atoms with Crippen LogP contribution in [-0.4, -0.2) is 24.9 Å². The van der Waals surface area contributed by atoms with Gasteiger partial charge in [-0.25, -0.2) is 9.79 Å². The largest absolute Gasteiger partial charge is 0.493 e. The molecule has 1 heterocycles. The molecule has 1 aliphatic heterocycles. The first-order chi connectivity index (χ1) is 12.5. The molecule has 132 valence electrons. The maximum absolute atomic E-state index is 12.1. The minimum Gasteiger partial charge on any atom is -0.493 e. The van der Waals surface area contributed by atoms with Crippen LogP contribution >= 0.6 is 22.6 Å². The van der Waals surface area contributed by atoms with E-state index >= 15 is 0 Å². The number of cyclic esters (lactones) is 1. The highest BCUT2D eigenvalue weighted by atomic mass is 127. The number of hydrogen-bond donors (Lipinski definition) is 0. The summed E-state index contributed by atoms with van der Waals surface area (Å²) in [6.07, 6.45) is 1.57. The van der Waals surface area contributed by atoms with Crippen LogP contribution in [0.4, 0.5) is 0 Å². The second-order valence-electron chi connectivity index (χ2n) is 5.35. The molecule has 7 heteroatoms. The molecular weight excluding hydrogens is 449 g/mol. The van der Waals surface area contributed by atoms with E-state index in [2.05, 4.69) is 27.6 Å². The predicted octanol–water partition coefficient (Wildman–Crippen LogP) is 3.57. The third-order valence-electron chi connectivity index (χ3n) is 3.44. The molecule has 0 aliphatic carbocycles. The molecule has 0 bridgehead atoms. The summed E-state index contributed by atoms with van der Waals surface area (Å²) in [5.74, 6) is -0.0634. The molecule has 26 heavy (non-hydrogen) atoms. The van der Waals surface area contributed by atoms with Gasteiger partial charge in [-0.15, -0.1) is 0 Å². The van der Waals surface area contributed by atoms with Crippen molar-refractivity contribution in [1.29, 1.82) is 0 Å². The highest BCUT2D eigenvalue weighted by Gasteiger charge is 2.24. The smallest absolute Gasteiger partial charge is 0.363 e. The normalized spacial score (nSPS) is 14.8. The summed E-state index contributed by atoms with van der Waals surface area (Å²) in [5, 5.41) is 0. The lowest BCUT2D eigenvalue weighted by molar-refractivity contribution is -0.132. The van der Waals surface area contributed by atoms with E-state index in [9.17, 15) is 9.59 Å². The van der Waals surface area contributed by atoms with Crippen LogP contribution < -0.4 is 9.47 Å². The van der Waals surface area contributed by atoms with E-state index in [1.165, 1.54) is 14.0 Å². The topological polar surface area (TPSA) is 74.2 Å². The molecular formula is C19H14INO5. The molecule has 6 nitrogen and oxygen atoms in total. The molecule has 0 unspecified atom stereocenters. The molecule has 0 saturated carbocycles. The molecule has 0 aromatic heterocycles. The summed E-state index contributed by atoms with van der Waals surface area (Å²) in [7, 11) is 1.48. The Kier molecular flexibility index (Phi) is 5.36. The van der Waals surface area contributed by atoms with Gasteiger partial charge in [0.1, 0.15) is 0 Å². The van der Waals surface area contributed by atoms with Gasteiger partial charge in [-0.05, 0) is 64.6 Å². The van der Waals surface area contributed by atoms with Gasteiger partial charge < -0.3 is 14.2 Å². The summed E-state index contributed by atoms with van der Waals surface area (Å²) < 4.78 is 16.6. The summed E-state index contributed by atoms with van der Waals surface area (Å²) in [6, 6.07) is 12.5. The zero-order valence-corrected chi connectivity index (χ0v) is 16.1. The summed E-state index contributed by atoms with van der Waals surface area (Å²) in [4.78, 5) is 27.6. The van der Waals surface area contributed by atoms with Gasteiger partial charge in [0.2, 0.25) is 5.90 Å². The van der Waals surface area contributed by atoms with Gasteiger partial charge >= 0.3 is 11.9 Å². The Morgan fingerprint density at radius 1 is 1.19 bits per heavy atom. The molecule has 0 spiro atoms. The fourth-order valence-electron chi connectivity index (χ4n) is 2.33. The minimum atomic E-state index is -0.538. The number of rotatable bonds is 4. The standard InChI is InChI=1S/C19H14INO5/c1-11(22)25-17-9-12(6-7-16(17)24-2)8-15-19(23)26-18(21-15)13-4-3-5-14(20)10-13/h3-10H,1-2H3/b15-8+. The number of carbonyl (C=O) groups is 2. The number of hydrogen-bond acceptors (Lipinski definition) is 6. The number of nitrogens with zero attached hydrogens (tertiary/aromatic N) is 1. The second kappa shape index (κ2) is 7.69. The molecule has 2 aromatic rings. The molecule has 3 rings (SSSR count). The van der Waals surface area contributed by atoms with E-state index in [0.717, 1.165) is 9.13 Å². The minimum absolute atomic E-state index is 0.165. The Balaban J connectivity index is 1.94. The van der Waals surface area contributed by atoms with Crippen LogP contribution in [0.25, 0.3) is 6.08 Å². The quantitative estimate of drug-likeness (QED) is 0.300. The summed E-state index contributed by atoms with van der Waals surface area (Å²) in [6.45, 7) is 1.30. The zero-order valence-electron chi connectivity index (χ0n) is 14.0. The second-order valence-corrected chi connectivity index (χ2v) is 6.60. The Labute approximate surface area is 163 Å². The van der Waals surface area contributed by atoms with Gasteiger partial charge in [0.05, 0.1) is 7.11 Å². The van der Waals surface area contributed by atoms with E-state index in [1.807, 2.05) is 24.3 Å². The molecule has 0 atom stereocenters. The number of ether oxygens (including phenoxy) is 3. The van der Waals surface area contributed by atoms with Crippen LogP contribution in [0.3, 0.4) is 0 Å². The highest BCUT2D eigenvalue weighted by molar-refractivity contribution is 14.1. The van der Waals surface area contributed by atoms with Crippen LogP contribution in [0.5, 0.6) is 11.5 Å². The lowest BCUT2D eigenvalue weighted by Crippen LogP contribution is -2.05. The van der Waals surface area contributed by atoms with Crippen LogP contribution in [0.15, 0.2) is 53.2 Å².